The summed E-state index contributed by atoms with van der Waals surface area (Å²) >= 11 is 0. The van der Waals surface area contributed by atoms with Gasteiger partial charge in [-0.15, -0.1) is 0 Å². The molecule has 3 heteroatoms. The van der Waals surface area contributed by atoms with Gasteiger partial charge in [0.25, 0.3) is 0 Å². The number of hydrogen-bond acceptors (Lipinski definition) is 2. The summed E-state index contributed by atoms with van der Waals surface area (Å²) in [5.41, 5.74) is 23.1. The second-order valence-corrected chi connectivity index (χ2v) is 19.9. The lowest BCUT2D eigenvalue weighted by Crippen LogP contribution is -2.26. The molecule has 0 bridgehead atoms. The van der Waals surface area contributed by atoms with Gasteiger partial charge in [-0.1, -0.05) is 188 Å². The van der Waals surface area contributed by atoms with Crippen LogP contribution in [0, 0.1) is 0 Å². The molecular weight excluding hydrogens is 897 g/mol. The molecule has 3 nitrogen and oxygen atoms in total. The summed E-state index contributed by atoms with van der Waals surface area (Å²) in [6.07, 6.45) is 0. The van der Waals surface area contributed by atoms with Gasteiger partial charge in [-0.2, -0.15) is 0 Å². The van der Waals surface area contributed by atoms with E-state index in [9.17, 15) is 0 Å². The lowest BCUT2D eigenvalue weighted by atomic mass is 9.70. The molecule has 0 fully saturated rings. The van der Waals surface area contributed by atoms with Gasteiger partial charge in [-0.25, -0.2) is 0 Å². The molecule has 1 spiro atoms. The number of nitrogens with zero attached hydrogens (tertiary/aromatic N) is 2. The lowest BCUT2D eigenvalue weighted by Gasteiger charge is -2.32. The van der Waals surface area contributed by atoms with Crippen molar-refractivity contribution in [3.05, 3.63) is 289 Å². The van der Waals surface area contributed by atoms with Crippen LogP contribution < -0.4 is 4.90 Å². The highest BCUT2D eigenvalue weighted by Gasteiger charge is 2.51. The number of benzene rings is 12. The van der Waals surface area contributed by atoms with Crippen LogP contribution in [0.5, 0.6) is 0 Å². The fourth-order valence-corrected chi connectivity index (χ4v) is 13.0. The van der Waals surface area contributed by atoms with Crippen LogP contribution in [0.15, 0.2) is 271 Å². The number of rotatable bonds is 6. The Balaban J connectivity index is 0.889. The first-order chi connectivity index (χ1) is 36.7. The predicted molar refractivity (Wildman–Crippen MR) is 307 cm³/mol. The maximum Gasteiger partial charge on any atom is 0.136 e. The van der Waals surface area contributed by atoms with E-state index in [-0.39, 0.29) is 0 Å². The first-order valence-corrected chi connectivity index (χ1v) is 25.6. The monoisotopic (exact) mass is 940 g/mol. The van der Waals surface area contributed by atoms with Gasteiger partial charge in [0.05, 0.1) is 22.1 Å². The maximum atomic E-state index is 6.53. The molecule has 2 aliphatic rings. The number of aromatic nitrogens is 1. The Labute approximate surface area is 428 Å². The molecule has 344 valence electrons. The molecule has 0 unspecified atom stereocenters. The third-order valence-corrected chi connectivity index (χ3v) is 16.2. The molecule has 74 heavy (non-hydrogen) atoms. The van der Waals surface area contributed by atoms with Crippen LogP contribution in [0.2, 0.25) is 0 Å². The van der Waals surface area contributed by atoms with Crippen LogP contribution in [-0.2, 0) is 5.41 Å². The number of furan rings is 1. The zero-order chi connectivity index (χ0) is 48.5. The van der Waals surface area contributed by atoms with Crippen molar-refractivity contribution in [1.29, 1.82) is 0 Å². The van der Waals surface area contributed by atoms with Crippen molar-refractivity contribution in [2.45, 2.75) is 5.41 Å². The normalized spacial score (nSPS) is 13.0. The van der Waals surface area contributed by atoms with Crippen molar-refractivity contribution < 1.29 is 4.42 Å². The van der Waals surface area contributed by atoms with E-state index in [1.54, 1.807) is 0 Å². The molecule has 0 N–H and O–H groups in total. The van der Waals surface area contributed by atoms with Crippen molar-refractivity contribution in [3.63, 3.8) is 0 Å². The highest BCUT2D eigenvalue weighted by atomic mass is 16.3. The SMILES string of the molecule is c1cc(-c2ccc(N(c3ccc4c(c3)C3(c5ccccc5-c5ccccc53)c3ccccc3-4)c3ccccc3-c3ccc4oc5cc6ccccc6cc5c4c3)cc2)cc(-n2c3ccccc3c3ccccc32)c1. The minimum absolute atomic E-state index is 0.483. The molecule has 2 aliphatic carbocycles. The summed E-state index contributed by atoms with van der Waals surface area (Å²) < 4.78 is 8.93. The predicted octanol–water partition coefficient (Wildman–Crippen LogP) is 19.0. The zero-order valence-corrected chi connectivity index (χ0v) is 40.2. The zero-order valence-electron chi connectivity index (χ0n) is 40.2. The van der Waals surface area contributed by atoms with E-state index in [0.29, 0.717) is 0 Å². The van der Waals surface area contributed by atoms with E-state index >= 15 is 0 Å². The average molecular weight is 941 g/mol. The molecular formula is C71H44N2O. The second-order valence-electron chi connectivity index (χ2n) is 19.9. The first-order valence-electron chi connectivity index (χ1n) is 25.6. The highest BCUT2D eigenvalue weighted by molar-refractivity contribution is 6.12. The van der Waals surface area contributed by atoms with Gasteiger partial charge in [0.1, 0.15) is 11.2 Å². The van der Waals surface area contributed by atoms with Gasteiger partial charge in [0.2, 0.25) is 0 Å². The lowest BCUT2D eigenvalue weighted by molar-refractivity contribution is 0.669. The second kappa shape index (κ2) is 15.6. The van der Waals surface area contributed by atoms with E-state index in [0.717, 1.165) is 66.9 Å². The third kappa shape index (κ3) is 5.78. The largest absolute Gasteiger partial charge is 0.456 e. The average Bonchev–Trinajstić information content (AvgIpc) is 4.24. The number of hydrogen-bond donors (Lipinski definition) is 0. The molecule has 14 aromatic rings. The maximum absolute atomic E-state index is 6.53. The molecule has 0 saturated heterocycles. The summed E-state index contributed by atoms with van der Waals surface area (Å²) in [7, 11) is 0. The van der Waals surface area contributed by atoms with Gasteiger partial charge < -0.3 is 13.9 Å². The van der Waals surface area contributed by atoms with Crippen molar-refractivity contribution in [1.82, 2.24) is 4.57 Å². The first kappa shape index (κ1) is 41.0. The summed E-state index contributed by atoms with van der Waals surface area (Å²) in [6.45, 7) is 0. The standard InChI is InChI=1S/C71H44N2O/c1-2-17-48-43-70-61(41-47(48)16-1)60-42-49(34-39-69(60)74-70)53-20-6-12-29-66(53)72(50-35-32-45(33-36-50)46-18-15-19-51(40-46)73-67-30-13-7-24-58(67)59-25-8-14-31-68(59)73)52-37-38-57-56-23-5-11-28-64(56)71(65(57)44-52)62-26-9-3-21-54(62)55-22-4-10-27-63(55)71/h1-44H. The fraction of sp³-hybridized carbons (Fsp3) is 0.0141. The Morgan fingerprint density at radius 3 is 1.54 bits per heavy atom. The minimum Gasteiger partial charge on any atom is -0.456 e. The number of para-hydroxylation sites is 3. The molecule has 0 amide bonds. The molecule has 0 atom stereocenters. The van der Waals surface area contributed by atoms with Crippen LogP contribution >= 0.6 is 0 Å². The molecule has 12 aromatic carbocycles. The summed E-state index contributed by atoms with van der Waals surface area (Å²) in [6, 6.07) is 98.5. The van der Waals surface area contributed by atoms with E-state index in [2.05, 4.69) is 276 Å². The Morgan fingerprint density at radius 1 is 0.311 bits per heavy atom. The quantitative estimate of drug-likeness (QED) is 0.166. The molecule has 16 rings (SSSR count). The van der Waals surface area contributed by atoms with Crippen LogP contribution in [0.4, 0.5) is 17.1 Å². The summed E-state index contributed by atoms with van der Waals surface area (Å²) in [5, 5.41) is 7.11. The summed E-state index contributed by atoms with van der Waals surface area (Å²) in [4.78, 5) is 2.47. The van der Waals surface area contributed by atoms with E-state index < -0.39 is 5.41 Å². The fourth-order valence-electron chi connectivity index (χ4n) is 13.0. The minimum atomic E-state index is -0.483. The van der Waals surface area contributed by atoms with Gasteiger partial charge in [-0.3, -0.25) is 0 Å². The van der Waals surface area contributed by atoms with Crippen LogP contribution in [0.3, 0.4) is 0 Å². The Bertz CT molecular complexity index is 4510. The van der Waals surface area contributed by atoms with E-state index in [1.807, 2.05) is 0 Å². The van der Waals surface area contributed by atoms with Crippen LogP contribution in [0.25, 0.3) is 105 Å². The van der Waals surface area contributed by atoms with Crippen molar-refractivity contribution in [2.75, 3.05) is 4.90 Å². The topological polar surface area (TPSA) is 21.3 Å². The van der Waals surface area contributed by atoms with Crippen molar-refractivity contribution in [3.8, 4) is 50.2 Å². The van der Waals surface area contributed by atoms with Gasteiger partial charge in [0.15, 0.2) is 0 Å². The van der Waals surface area contributed by atoms with Crippen LogP contribution in [0.1, 0.15) is 22.3 Å². The van der Waals surface area contributed by atoms with Crippen molar-refractivity contribution >= 4 is 71.6 Å². The Hall–Kier alpha value is -9.70. The number of fused-ring (bicyclic) bond motifs is 17. The smallest absolute Gasteiger partial charge is 0.136 e. The van der Waals surface area contributed by atoms with Crippen LogP contribution in [-0.4, -0.2) is 4.57 Å². The van der Waals surface area contributed by atoms with E-state index in [1.165, 1.54) is 77.1 Å². The van der Waals surface area contributed by atoms with Gasteiger partial charge >= 0.3 is 0 Å². The van der Waals surface area contributed by atoms with Gasteiger partial charge in [-0.05, 0) is 151 Å². The molecule has 2 heterocycles. The molecule has 2 aromatic heterocycles. The van der Waals surface area contributed by atoms with E-state index in [4.69, 9.17) is 4.42 Å². The number of anilines is 3. The third-order valence-electron chi connectivity index (χ3n) is 16.2. The highest BCUT2D eigenvalue weighted by Crippen LogP contribution is 2.63. The Kier molecular flexibility index (Phi) is 8.66. The molecule has 0 saturated carbocycles. The molecule has 0 radical (unpaired) electrons. The Morgan fingerprint density at radius 2 is 0.851 bits per heavy atom. The van der Waals surface area contributed by atoms with Gasteiger partial charge in [0, 0.05) is 44.2 Å². The van der Waals surface area contributed by atoms with Crippen molar-refractivity contribution in [2.24, 2.45) is 0 Å². The summed E-state index contributed by atoms with van der Waals surface area (Å²) in [5.74, 6) is 0. The molecule has 0 aliphatic heterocycles.